The molecule has 0 unspecified atom stereocenters. The van der Waals surface area contributed by atoms with Crippen LogP contribution in [-0.2, 0) is 14.3 Å². The highest BCUT2D eigenvalue weighted by Gasteiger charge is 2.28. The van der Waals surface area contributed by atoms with E-state index in [4.69, 9.17) is 9.47 Å². The summed E-state index contributed by atoms with van der Waals surface area (Å²) >= 11 is 0. The second-order valence-electron chi connectivity index (χ2n) is 6.33. The molecular weight excluding hydrogens is 310 g/mol. The first-order valence-corrected chi connectivity index (χ1v) is 8.18. The summed E-state index contributed by atoms with van der Waals surface area (Å²) < 4.78 is 10.8. The molecule has 1 amide bonds. The molecule has 2 rings (SSSR count). The number of carboxylic acids is 1. The van der Waals surface area contributed by atoms with Crippen LogP contribution in [0.5, 0.6) is 5.75 Å². The van der Waals surface area contributed by atoms with Gasteiger partial charge in [0.05, 0.1) is 25.7 Å². The van der Waals surface area contributed by atoms with E-state index in [1.807, 2.05) is 26.0 Å². The molecule has 0 aromatic heterocycles. The molecule has 1 aromatic carbocycles. The Labute approximate surface area is 142 Å². The average molecular weight is 335 g/mol. The van der Waals surface area contributed by atoms with Crippen molar-refractivity contribution in [1.82, 2.24) is 4.90 Å². The van der Waals surface area contributed by atoms with E-state index in [0.717, 1.165) is 5.56 Å². The molecule has 132 valence electrons. The number of hydrogen-bond donors (Lipinski definition) is 1. The van der Waals surface area contributed by atoms with Crippen molar-refractivity contribution in [2.45, 2.75) is 44.8 Å². The Bertz CT molecular complexity index is 561. The molecule has 1 aliphatic heterocycles. The second-order valence-corrected chi connectivity index (χ2v) is 6.33. The Morgan fingerprint density at radius 1 is 1.21 bits per heavy atom. The van der Waals surface area contributed by atoms with Gasteiger partial charge in [0.1, 0.15) is 5.75 Å². The average Bonchev–Trinajstić information content (AvgIpc) is 2.53. The summed E-state index contributed by atoms with van der Waals surface area (Å²) in [5.74, 6) is -0.587. The molecular formula is C18H25NO5. The normalized spacial score (nSPS) is 22.0. The van der Waals surface area contributed by atoms with Gasteiger partial charge in [-0.25, -0.2) is 0 Å². The molecule has 1 aliphatic rings. The summed E-state index contributed by atoms with van der Waals surface area (Å²) in [6.07, 6.45) is 0.0965. The predicted octanol–water partition coefficient (Wildman–Crippen LogP) is 2.28. The van der Waals surface area contributed by atoms with Crippen molar-refractivity contribution in [3.8, 4) is 5.75 Å². The number of nitrogens with zero attached hydrogens (tertiary/aromatic N) is 1. The summed E-state index contributed by atoms with van der Waals surface area (Å²) in [5.41, 5.74) is 0.834. The van der Waals surface area contributed by atoms with Gasteiger partial charge in [-0.2, -0.15) is 0 Å². The van der Waals surface area contributed by atoms with Gasteiger partial charge in [-0.3, -0.25) is 9.59 Å². The fraction of sp³-hybridized carbons (Fsp3) is 0.556. The third-order valence-corrected chi connectivity index (χ3v) is 4.20. The number of amides is 1. The molecule has 3 atom stereocenters. The molecule has 0 spiro atoms. The molecule has 0 bridgehead atoms. The first-order valence-electron chi connectivity index (χ1n) is 8.18. The maximum absolute atomic E-state index is 12.6. The summed E-state index contributed by atoms with van der Waals surface area (Å²) in [6.45, 7) is 4.97. The lowest BCUT2D eigenvalue weighted by Gasteiger charge is -2.36. The van der Waals surface area contributed by atoms with E-state index < -0.39 is 5.97 Å². The van der Waals surface area contributed by atoms with Gasteiger partial charge < -0.3 is 19.5 Å². The predicted molar refractivity (Wildman–Crippen MR) is 89.2 cm³/mol. The molecule has 6 nitrogen and oxygen atoms in total. The van der Waals surface area contributed by atoms with E-state index in [1.54, 1.807) is 24.1 Å². The fourth-order valence-corrected chi connectivity index (χ4v) is 3.12. The Kier molecular flexibility index (Phi) is 6.20. The largest absolute Gasteiger partial charge is 0.497 e. The van der Waals surface area contributed by atoms with E-state index in [9.17, 15) is 14.7 Å². The topological polar surface area (TPSA) is 76.1 Å². The Morgan fingerprint density at radius 2 is 1.79 bits per heavy atom. The minimum absolute atomic E-state index is 0.00314. The van der Waals surface area contributed by atoms with Crippen LogP contribution in [0.1, 0.15) is 38.2 Å². The quantitative estimate of drug-likeness (QED) is 0.863. The smallest absolute Gasteiger partial charge is 0.303 e. The van der Waals surface area contributed by atoms with Crippen LogP contribution in [0.25, 0.3) is 0 Å². The van der Waals surface area contributed by atoms with Crippen LogP contribution in [0, 0.1) is 0 Å². The Balaban J connectivity index is 2.09. The summed E-state index contributed by atoms with van der Waals surface area (Å²) in [7, 11) is 1.58. The Morgan fingerprint density at radius 3 is 2.29 bits per heavy atom. The zero-order valence-corrected chi connectivity index (χ0v) is 14.4. The highest BCUT2D eigenvalue weighted by Crippen LogP contribution is 2.27. The lowest BCUT2D eigenvalue weighted by atomic mass is 9.91. The van der Waals surface area contributed by atoms with Gasteiger partial charge in [-0.1, -0.05) is 12.1 Å². The third-order valence-electron chi connectivity index (χ3n) is 4.20. The van der Waals surface area contributed by atoms with Crippen molar-refractivity contribution in [2.24, 2.45) is 0 Å². The van der Waals surface area contributed by atoms with Gasteiger partial charge in [0, 0.05) is 25.4 Å². The van der Waals surface area contributed by atoms with Gasteiger partial charge >= 0.3 is 5.97 Å². The summed E-state index contributed by atoms with van der Waals surface area (Å²) in [5, 5.41) is 9.18. The highest BCUT2D eigenvalue weighted by atomic mass is 16.5. The minimum atomic E-state index is -0.910. The molecule has 6 heteroatoms. The van der Waals surface area contributed by atoms with E-state index in [1.165, 1.54) is 0 Å². The van der Waals surface area contributed by atoms with E-state index in [2.05, 4.69) is 0 Å². The maximum Gasteiger partial charge on any atom is 0.303 e. The first-order chi connectivity index (χ1) is 11.4. The zero-order chi connectivity index (χ0) is 17.7. The van der Waals surface area contributed by atoms with Gasteiger partial charge in [0.25, 0.3) is 0 Å². The number of carbonyl (C=O) groups excluding carboxylic acids is 1. The van der Waals surface area contributed by atoms with Gasteiger partial charge in [0.2, 0.25) is 5.91 Å². The van der Waals surface area contributed by atoms with E-state index in [-0.39, 0.29) is 36.9 Å². The lowest BCUT2D eigenvalue weighted by Crippen LogP contribution is -2.48. The number of carboxylic acid groups (broad SMARTS) is 1. The summed E-state index contributed by atoms with van der Waals surface area (Å²) in [6, 6.07) is 7.22. The van der Waals surface area contributed by atoms with Crippen LogP contribution >= 0.6 is 0 Å². The molecule has 0 radical (unpaired) electrons. The molecule has 0 aliphatic carbocycles. The maximum atomic E-state index is 12.6. The third kappa shape index (κ3) is 4.96. The monoisotopic (exact) mass is 335 g/mol. The van der Waals surface area contributed by atoms with Crippen LogP contribution in [0.3, 0.4) is 0 Å². The van der Waals surface area contributed by atoms with Crippen molar-refractivity contribution in [2.75, 3.05) is 20.2 Å². The number of ether oxygens (including phenoxy) is 2. The van der Waals surface area contributed by atoms with Gasteiger partial charge in [-0.15, -0.1) is 0 Å². The molecule has 0 saturated carbocycles. The number of methoxy groups -OCH3 is 1. The van der Waals surface area contributed by atoms with E-state index >= 15 is 0 Å². The van der Waals surface area contributed by atoms with Crippen LogP contribution < -0.4 is 4.74 Å². The van der Waals surface area contributed by atoms with E-state index in [0.29, 0.717) is 18.8 Å². The Hall–Kier alpha value is -2.08. The second kappa shape index (κ2) is 8.15. The summed E-state index contributed by atoms with van der Waals surface area (Å²) in [4.78, 5) is 25.6. The number of hydrogen-bond acceptors (Lipinski definition) is 4. The van der Waals surface area contributed by atoms with Crippen molar-refractivity contribution in [3.05, 3.63) is 29.8 Å². The van der Waals surface area contributed by atoms with Gasteiger partial charge in [-0.05, 0) is 31.5 Å². The number of rotatable bonds is 6. The molecule has 24 heavy (non-hydrogen) atoms. The zero-order valence-electron chi connectivity index (χ0n) is 14.4. The highest BCUT2D eigenvalue weighted by molar-refractivity contribution is 5.78. The number of carbonyl (C=O) groups is 2. The molecule has 1 heterocycles. The standard InChI is InChI=1S/C18H25NO5/c1-12-10-19(11-13(2)24-12)17(20)8-15(9-18(21)22)14-4-6-16(23-3)7-5-14/h4-7,12-13,15H,8-11H2,1-3H3,(H,21,22)/t12-,13+,15-/m1/s1. The van der Waals surface area contributed by atoms with Crippen LogP contribution in [0.4, 0.5) is 0 Å². The van der Waals surface area contributed by atoms with Crippen LogP contribution in [0.15, 0.2) is 24.3 Å². The van der Waals surface area contributed by atoms with Crippen molar-refractivity contribution in [1.29, 1.82) is 0 Å². The van der Waals surface area contributed by atoms with Crippen LogP contribution in [0.2, 0.25) is 0 Å². The minimum Gasteiger partial charge on any atom is -0.497 e. The fourth-order valence-electron chi connectivity index (χ4n) is 3.12. The van der Waals surface area contributed by atoms with Crippen LogP contribution in [-0.4, -0.2) is 54.3 Å². The molecule has 1 saturated heterocycles. The molecule has 1 fully saturated rings. The molecule has 1 N–H and O–H groups in total. The number of aliphatic carboxylic acids is 1. The SMILES string of the molecule is COc1ccc([C@@H](CC(=O)O)CC(=O)N2C[C@@H](C)O[C@@H](C)C2)cc1. The van der Waals surface area contributed by atoms with Crippen molar-refractivity contribution >= 4 is 11.9 Å². The van der Waals surface area contributed by atoms with Crippen molar-refractivity contribution < 1.29 is 24.2 Å². The lowest BCUT2D eigenvalue weighted by molar-refractivity contribution is -0.144. The molecule has 1 aromatic rings. The first kappa shape index (κ1) is 18.3. The number of benzene rings is 1. The number of morpholine rings is 1. The van der Waals surface area contributed by atoms with Crippen molar-refractivity contribution in [3.63, 3.8) is 0 Å². The van der Waals surface area contributed by atoms with Gasteiger partial charge in [0.15, 0.2) is 0 Å².